The first-order valence-corrected chi connectivity index (χ1v) is 5.07. The SMILES string of the molecule is CCCCCC1C=C(F)C(F)=C(F)C1. The van der Waals surface area contributed by atoms with Crippen molar-refractivity contribution in [1.82, 2.24) is 0 Å². The minimum absolute atomic E-state index is 0.0168. The van der Waals surface area contributed by atoms with Gasteiger partial charge < -0.3 is 0 Å². The van der Waals surface area contributed by atoms with Crippen LogP contribution in [0.4, 0.5) is 13.2 Å². The molecule has 14 heavy (non-hydrogen) atoms. The van der Waals surface area contributed by atoms with E-state index in [0.29, 0.717) is 0 Å². The second kappa shape index (κ2) is 5.23. The van der Waals surface area contributed by atoms with E-state index in [0.717, 1.165) is 25.7 Å². The summed E-state index contributed by atoms with van der Waals surface area (Å²) < 4.78 is 38.2. The largest absolute Gasteiger partial charge is 0.208 e. The molecule has 1 aliphatic rings. The van der Waals surface area contributed by atoms with E-state index < -0.39 is 17.5 Å². The second-order valence-corrected chi connectivity index (χ2v) is 3.69. The Bertz CT molecular complexity index is 253. The zero-order valence-electron chi connectivity index (χ0n) is 8.32. The van der Waals surface area contributed by atoms with Crippen molar-refractivity contribution < 1.29 is 13.2 Å². The summed E-state index contributed by atoms with van der Waals surface area (Å²) in [5, 5.41) is 0. The lowest BCUT2D eigenvalue weighted by Crippen LogP contribution is -2.04. The van der Waals surface area contributed by atoms with E-state index in [9.17, 15) is 13.2 Å². The maximum absolute atomic E-state index is 12.8. The molecule has 0 spiro atoms. The zero-order chi connectivity index (χ0) is 10.6. The highest BCUT2D eigenvalue weighted by Gasteiger charge is 2.22. The van der Waals surface area contributed by atoms with Crippen molar-refractivity contribution in [3.8, 4) is 0 Å². The average molecular weight is 204 g/mol. The molecule has 0 radical (unpaired) electrons. The molecule has 1 unspecified atom stereocenters. The van der Waals surface area contributed by atoms with Gasteiger partial charge in [0.25, 0.3) is 0 Å². The Kier molecular flexibility index (Phi) is 4.23. The highest BCUT2D eigenvalue weighted by atomic mass is 19.2. The molecular weight excluding hydrogens is 189 g/mol. The summed E-state index contributed by atoms with van der Waals surface area (Å²) in [5.74, 6) is -3.44. The first-order chi connectivity index (χ1) is 6.65. The molecule has 1 atom stereocenters. The Labute approximate surface area is 82.5 Å². The number of halogens is 3. The Morgan fingerprint density at radius 1 is 1.29 bits per heavy atom. The van der Waals surface area contributed by atoms with Gasteiger partial charge >= 0.3 is 0 Å². The average Bonchev–Trinajstić information content (AvgIpc) is 2.14. The smallest absolute Gasteiger partial charge is 0.189 e. The first-order valence-electron chi connectivity index (χ1n) is 5.07. The van der Waals surface area contributed by atoms with Crippen molar-refractivity contribution in [3.05, 3.63) is 23.6 Å². The lowest BCUT2D eigenvalue weighted by atomic mass is 9.93. The van der Waals surface area contributed by atoms with Crippen LogP contribution >= 0.6 is 0 Å². The van der Waals surface area contributed by atoms with Crippen LogP contribution in [0, 0.1) is 5.92 Å². The summed E-state index contributed by atoms with van der Waals surface area (Å²) in [6.07, 6.45) is 5.03. The molecule has 0 aromatic rings. The van der Waals surface area contributed by atoms with Crippen molar-refractivity contribution in [1.29, 1.82) is 0 Å². The molecule has 0 amide bonds. The van der Waals surface area contributed by atoms with Crippen molar-refractivity contribution in [2.75, 3.05) is 0 Å². The standard InChI is InChI=1S/C11H15F3/c1-2-3-4-5-8-6-9(12)11(14)10(13)7-8/h6,8H,2-5,7H2,1H3. The van der Waals surface area contributed by atoms with Crippen molar-refractivity contribution in [3.63, 3.8) is 0 Å². The summed E-state index contributed by atoms with van der Waals surface area (Å²) in [6.45, 7) is 2.07. The molecule has 0 aromatic carbocycles. The van der Waals surface area contributed by atoms with Crippen LogP contribution in [0.15, 0.2) is 23.6 Å². The third-order valence-corrected chi connectivity index (χ3v) is 2.45. The van der Waals surface area contributed by atoms with E-state index in [1.807, 2.05) is 0 Å². The summed E-state index contributed by atoms with van der Waals surface area (Å²) in [5.41, 5.74) is 0. The predicted molar refractivity (Wildman–Crippen MR) is 50.7 cm³/mol. The molecule has 0 N–H and O–H groups in total. The summed E-state index contributed by atoms with van der Waals surface area (Å²) in [7, 11) is 0. The van der Waals surface area contributed by atoms with Gasteiger partial charge in [0.15, 0.2) is 11.7 Å². The van der Waals surface area contributed by atoms with E-state index in [2.05, 4.69) is 6.92 Å². The lowest BCUT2D eigenvalue weighted by molar-refractivity contribution is 0.405. The molecule has 3 heteroatoms. The Hall–Kier alpha value is -0.730. The summed E-state index contributed by atoms with van der Waals surface area (Å²) >= 11 is 0. The monoisotopic (exact) mass is 204 g/mol. The van der Waals surface area contributed by atoms with E-state index in [1.54, 1.807) is 0 Å². The van der Waals surface area contributed by atoms with Gasteiger partial charge in [-0.1, -0.05) is 26.2 Å². The molecule has 0 nitrogen and oxygen atoms in total. The molecular formula is C11H15F3. The maximum Gasteiger partial charge on any atom is 0.189 e. The quantitative estimate of drug-likeness (QED) is 0.587. The van der Waals surface area contributed by atoms with Crippen LogP contribution in [0.25, 0.3) is 0 Å². The fourth-order valence-corrected chi connectivity index (χ4v) is 1.63. The van der Waals surface area contributed by atoms with E-state index in [4.69, 9.17) is 0 Å². The van der Waals surface area contributed by atoms with Gasteiger partial charge in [0, 0.05) is 6.42 Å². The molecule has 80 valence electrons. The van der Waals surface area contributed by atoms with Gasteiger partial charge in [-0.05, 0) is 18.4 Å². The second-order valence-electron chi connectivity index (χ2n) is 3.69. The molecule has 1 aliphatic carbocycles. The van der Waals surface area contributed by atoms with Gasteiger partial charge in [0.2, 0.25) is 0 Å². The molecule has 0 bridgehead atoms. The first kappa shape index (κ1) is 11.3. The Morgan fingerprint density at radius 2 is 2.00 bits per heavy atom. The van der Waals surface area contributed by atoms with Crippen LogP contribution in [0.3, 0.4) is 0 Å². The third-order valence-electron chi connectivity index (χ3n) is 2.45. The zero-order valence-corrected chi connectivity index (χ0v) is 8.32. The molecule has 0 heterocycles. The third kappa shape index (κ3) is 2.89. The van der Waals surface area contributed by atoms with Crippen molar-refractivity contribution in [2.45, 2.75) is 39.0 Å². The predicted octanol–water partition coefficient (Wildman–Crippen LogP) is 4.59. The number of rotatable bonds is 4. The fraction of sp³-hybridized carbons (Fsp3) is 0.636. The van der Waals surface area contributed by atoms with Gasteiger partial charge in [-0.3, -0.25) is 0 Å². The minimum atomic E-state index is -1.31. The van der Waals surface area contributed by atoms with Crippen LogP contribution < -0.4 is 0 Å². The van der Waals surface area contributed by atoms with Crippen LogP contribution in [-0.2, 0) is 0 Å². The molecule has 0 saturated carbocycles. The van der Waals surface area contributed by atoms with Gasteiger partial charge in [0.05, 0.1) is 0 Å². The molecule has 0 fully saturated rings. The van der Waals surface area contributed by atoms with Crippen LogP contribution in [0.1, 0.15) is 39.0 Å². The van der Waals surface area contributed by atoms with Crippen LogP contribution in [0.5, 0.6) is 0 Å². The van der Waals surface area contributed by atoms with Crippen molar-refractivity contribution in [2.24, 2.45) is 5.92 Å². The molecule has 1 rings (SSSR count). The highest BCUT2D eigenvalue weighted by Crippen LogP contribution is 2.33. The van der Waals surface area contributed by atoms with E-state index >= 15 is 0 Å². The van der Waals surface area contributed by atoms with Crippen LogP contribution in [-0.4, -0.2) is 0 Å². The summed E-state index contributed by atoms with van der Waals surface area (Å²) in [6, 6.07) is 0. The number of hydrogen-bond donors (Lipinski definition) is 0. The molecule has 0 saturated heterocycles. The summed E-state index contributed by atoms with van der Waals surface area (Å²) in [4.78, 5) is 0. The topological polar surface area (TPSA) is 0 Å². The highest BCUT2D eigenvalue weighted by molar-refractivity contribution is 5.27. The molecule has 0 aromatic heterocycles. The number of unbranched alkanes of at least 4 members (excludes halogenated alkanes) is 2. The molecule has 0 aliphatic heterocycles. The van der Waals surface area contributed by atoms with Gasteiger partial charge in [-0.25, -0.2) is 13.2 Å². The fourth-order valence-electron chi connectivity index (χ4n) is 1.63. The maximum atomic E-state index is 12.8. The van der Waals surface area contributed by atoms with E-state index in [-0.39, 0.29) is 12.3 Å². The minimum Gasteiger partial charge on any atom is -0.208 e. The van der Waals surface area contributed by atoms with Gasteiger partial charge in [0.1, 0.15) is 5.83 Å². The Balaban J connectivity index is 2.45. The lowest BCUT2D eigenvalue weighted by Gasteiger charge is -2.15. The van der Waals surface area contributed by atoms with Gasteiger partial charge in [-0.15, -0.1) is 0 Å². The van der Waals surface area contributed by atoms with Gasteiger partial charge in [-0.2, -0.15) is 0 Å². The van der Waals surface area contributed by atoms with E-state index in [1.165, 1.54) is 6.08 Å². The Morgan fingerprint density at radius 3 is 2.57 bits per heavy atom. The number of hydrogen-bond acceptors (Lipinski definition) is 0. The van der Waals surface area contributed by atoms with Crippen LogP contribution in [0.2, 0.25) is 0 Å². The normalized spacial score (nSPS) is 22.6. The van der Waals surface area contributed by atoms with Crippen molar-refractivity contribution >= 4 is 0 Å². The number of allylic oxidation sites excluding steroid dienone is 4.